The lowest BCUT2D eigenvalue weighted by Gasteiger charge is -2.23. The summed E-state index contributed by atoms with van der Waals surface area (Å²) in [7, 11) is -3.42. The van der Waals surface area contributed by atoms with Crippen LogP contribution in [0.1, 0.15) is 43.7 Å². The first-order chi connectivity index (χ1) is 9.36. The lowest BCUT2D eigenvalue weighted by atomic mass is 9.89. The van der Waals surface area contributed by atoms with Crippen molar-refractivity contribution in [2.75, 3.05) is 6.54 Å². The third-order valence-corrected chi connectivity index (χ3v) is 5.74. The summed E-state index contributed by atoms with van der Waals surface area (Å²) in [6.45, 7) is 5.00. The Labute approximate surface area is 121 Å². The third-order valence-electron chi connectivity index (χ3n) is 4.34. The molecule has 20 heavy (non-hydrogen) atoms. The molecule has 1 aliphatic carbocycles. The maximum Gasteiger partial charge on any atom is 0.240 e. The number of rotatable bonds is 5. The minimum Gasteiger partial charge on any atom is -0.326 e. The Morgan fingerprint density at radius 3 is 2.50 bits per heavy atom. The number of nitrogens with one attached hydrogen (secondary N) is 1. The highest BCUT2D eigenvalue weighted by Crippen LogP contribution is 2.37. The van der Waals surface area contributed by atoms with E-state index >= 15 is 0 Å². The summed E-state index contributed by atoms with van der Waals surface area (Å²) in [5, 5.41) is 0. The molecule has 0 saturated heterocycles. The van der Waals surface area contributed by atoms with Gasteiger partial charge in [-0.15, -0.1) is 0 Å². The van der Waals surface area contributed by atoms with Gasteiger partial charge in [-0.05, 0) is 48.4 Å². The summed E-state index contributed by atoms with van der Waals surface area (Å²) in [5.41, 5.74) is 7.61. The van der Waals surface area contributed by atoms with Crippen LogP contribution in [0, 0.1) is 12.3 Å². The second-order valence-corrected chi connectivity index (χ2v) is 7.90. The van der Waals surface area contributed by atoms with Crippen molar-refractivity contribution in [1.82, 2.24) is 4.72 Å². The Kier molecular flexibility index (Phi) is 4.52. The largest absolute Gasteiger partial charge is 0.326 e. The molecule has 0 amide bonds. The summed E-state index contributed by atoms with van der Waals surface area (Å²) in [6, 6.07) is 5.12. The zero-order chi connectivity index (χ0) is 14.8. The maximum absolute atomic E-state index is 12.3. The molecule has 3 N–H and O–H groups in total. The van der Waals surface area contributed by atoms with E-state index in [2.05, 4.69) is 11.6 Å². The highest BCUT2D eigenvalue weighted by atomic mass is 32.2. The van der Waals surface area contributed by atoms with E-state index in [1.165, 1.54) is 12.8 Å². The van der Waals surface area contributed by atoms with Crippen molar-refractivity contribution in [3.8, 4) is 0 Å². The van der Waals surface area contributed by atoms with Crippen molar-refractivity contribution in [3.05, 3.63) is 29.3 Å². The second-order valence-electron chi connectivity index (χ2n) is 6.13. The minimum atomic E-state index is -3.42. The molecule has 0 radical (unpaired) electrons. The van der Waals surface area contributed by atoms with Gasteiger partial charge in [0, 0.05) is 13.1 Å². The van der Waals surface area contributed by atoms with Gasteiger partial charge in [-0.2, -0.15) is 0 Å². The number of benzene rings is 1. The van der Waals surface area contributed by atoms with E-state index in [9.17, 15) is 8.42 Å². The molecule has 5 heteroatoms. The van der Waals surface area contributed by atoms with Crippen molar-refractivity contribution in [3.63, 3.8) is 0 Å². The molecule has 0 atom stereocenters. The predicted octanol–water partition coefficient (Wildman–Crippen LogP) is 2.31. The molecular formula is C15H24N2O2S. The van der Waals surface area contributed by atoms with Crippen LogP contribution < -0.4 is 10.5 Å². The molecule has 0 spiro atoms. The molecule has 0 unspecified atom stereocenters. The zero-order valence-electron chi connectivity index (χ0n) is 12.3. The molecule has 1 saturated carbocycles. The van der Waals surface area contributed by atoms with Gasteiger partial charge in [-0.3, -0.25) is 0 Å². The van der Waals surface area contributed by atoms with Crippen LogP contribution in [-0.4, -0.2) is 15.0 Å². The Hall–Kier alpha value is -0.910. The second kappa shape index (κ2) is 5.84. The van der Waals surface area contributed by atoms with Crippen molar-refractivity contribution >= 4 is 10.0 Å². The molecule has 112 valence electrons. The van der Waals surface area contributed by atoms with Crippen LogP contribution in [0.25, 0.3) is 0 Å². The Balaban J connectivity index is 2.12. The van der Waals surface area contributed by atoms with Gasteiger partial charge < -0.3 is 5.73 Å². The normalized spacial score (nSPS) is 18.4. The molecule has 1 aliphatic rings. The van der Waals surface area contributed by atoms with Crippen LogP contribution in [0.15, 0.2) is 23.1 Å². The van der Waals surface area contributed by atoms with Crippen molar-refractivity contribution in [2.24, 2.45) is 11.1 Å². The highest BCUT2D eigenvalue weighted by Gasteiger charge is 2.30. The first-order valence-electron chi connectivity index (χ1n) is 7.16. The van der Waals surface area contributed by atoms with E-state index in [1.54, 1.807) is 18.2 Å². The Bertz CT molecular complexity index is 576. The van der Waals surface area contributed by atoms with Crippen LogP contribution in [-0.2, 0) is 16.6 Å². The molecule has 0 bridgehead atoms. The number of aryl methyl sites for hydroxylation is 1. The first-order valence-corrected chi connectivity index (χ1v) is 8.64. The van der Waals surface area contributed by atoms with Gasteiger partial charge in [0.15, 0.2) is 0 Å². The maximum atomic E-state index is 12.3. The van der Waals surface area contributed by atoms with Gasteiger partial charge >= 0.3 is 0 Å². The monoisotopic (exact) mass is 296 g/mol. The van der Waals surface area contributed by atoms with Crippen molar-refractivity contribution < 1.29 is 8.42 Å². The Morgan fingerprint density at radius 2 is 1.95 bits per heavy atom. The molecular weight excluding hydrogens is 272 g/mol. The van der Waals surface area contributed by atoms with Crippen LogP contribution in [0.4, 0.5) is 0 Å². The molecule has 0 aliphatic heterocycles. The summed E-state index contributed by atoms with van der Waals surface area (Å²) in [6.07, 6.45) is 4.59. The summed E-state index contributed by atoms with van der Waals surface area (Å²) < 4.78 is 27.4. The van der Waals surface area contributed by atoms with Crippen molar-refractivity contribution in [2.45, 2.75) is 51.0 Å². The van der Waals surface area contributed by atoms with Crippen LogP contribution in [0.2, 0.25) is 0 Å². The van der Waals surface area contributed by atoms with E-state index < -0.39 is 10.0 Å². The van der Waals surface area contributed by atoms with Gasteiger partial charge in [-0.25, -0.2) is 13.1 Å². The predicted molar refractivity (Wildman–Crippen MR) is 80.8 cm³/mol. The third kappa shape index (κ3) is 3.40. The molecule has 2 rings (SSSR count). The van der Waals surface area contributed by atoms with Gasteiger partial charge in [0.25, 0.3) is 0 Å². The fourth-order valence-electron chi connectivity index (χ4n) is 2.82. The van der Waals surface area contributed by atoms with E-state index in [0.29, 0.717) is 18.0 Å². The summed E-state index contributed by atoms with van der Waals surface area (Å²) >= 11 is 0. The summed E-state index contributed by atoms with van der Waals surface area (Å²) in [5.74, 6) is 0. The van der Waals surface area contributed by atoms with E-state index in [-0.39, 0.29) is 5.41 Å². The van der Waals surface area contributed by atoms with E-state index in [0.717, 1.165) is 24.0 Å². The van der Waals surface area contributed by atoms with Gasteiger partial charge in [0.2, 0.25) is 10.0 Å². The quantitative estimate of drug-likeness (QED) is 0.876. The summed E-state index contributed by atoms with van der Waals surface area (Å²) in [4.78, 5) is 0.328. The van der Waals surface area contributed by atoms with Gasteiger partial charge in [0.1, 0.15) is 0 Å². The molecule has 0 aromatic heterocycles. The van der Waals surface area contributed by atoms with Crippen LogP contribution in [0.3, 0.4) is 0 Å². The molecule has 1 fully saturated rings. The average molecular weight is 296 g/mol. The van der Waals surface area contributed by atoms with E-state index in [4.69, 9.17) is 5.73 Å². The highest BCUT2D eigenvalue weighted by molar-refractivity contribution is 7.89. The van der Waals surface area contributed by atoms with Crippen LogP contribution >= 0.6 is 0 Å². The number of hydrogen-bond donors (Lipinski definition) is 2. The number of hydrogen-bond acceptors (Lipinski definition) is 3. The topological polar surface area (TPSA) is 72.2 Å². The number of nitrogens with two attached hydrogens (primary N) is 1. The lowest BCUT2D eigenvalue weighted by molar-refractivity contribution is 0.336. The smallest absolute Gasteiger partial charge is 0.240 e. The van der Waals surface area contributed by atoms with E-state index in [1.807, 2.05) is 6.92 Å². The van der Waals surface area contributed by atoms with Gasteiger partial charge in [0.05, 0.1) is 4.90 Å². The lowest BCUT2D eigenvalue weighted by Crippen LogP contribution is -2.34. The standard InChI is InChI=1S/C15H24N2O2S/c1-12-9-14(6-5-13(12)10-16)20(18,19)17-11-15(2)7-3-4-8-15/h5-6,9,17H,3-4,7-8,10-11,16H2,1-2H3. The van der Waals surface area contributed by atoms with Crippen LogP contribution in [0.5, 0.6) is 0 Å². The molecule has 0 heterocycles. The number of sulfonamides is 1. The SMILES string of the molecule is Cc1cc(S(=O)(=O)NCC2(C)CCCC2)ccc1CN. The molecule has 1 aromatic carbocycles. The fraction of sp³-hybridized carbons (Fsp3) is 0.600. The first kappa shape index (κ1) is 15.5. The minimum absolute atomic E-state index is 0.110. The fourth-order valence-corrected chi connectivity index (χ4v) is 4.11. The zero-order valence-corrected chi connectivity index (χ0v) is 13.1. The molecule has 1 aromatic rings. The Morgan fingerprint density at radius 1 is 1.30 bits per heavy atom. The molecule has 4 nitrogen and oxygen atoms in total. The van der Waals surface area contributed by atoms with Crippen molar-refractivity contribution in [1.29, 1.82) is 0 Å². The van der Waals surface area contributed by atoms with Gasteiger partial charge in [-0.1, -0.05) is 25.8 Å². The average Bonchev–Trinajstić information content (AvgIpc) is 2.84.